The number of rotatable bonds is 4. The summed E-state index contributed by atoms with van der Waals surface area (Å²) in [6, 6.07) is 9.07. The first-order valence-electron chi connectivity index (χ1n) is 6.11. The molecule has 2 aromatic carbocycles. The fourth-order valence-electron chi connectivity index (χ4n) is 1.71. The van der Waals surface area contributed by atoms with Crippen molar-refractivity contribution in [2.45, 2.75) is 6.92 Å². The third kappa shape index (κ3) is 4.81. The van der Waals surface area contributed by atoms with Crippen LogP contribution in [0.5, 0.6) is 11.5 Å². The zero-order valence-electron chi connectivity index (χ0n) is 11.3. The molecule has 0 spiro atoms. The first-order chi connectivity index (χ1) is 10.4. The van der Waals surface area contributed by atoms with Crippen molar-refractivity contribution < 1.29 is 14.3 Å². The molecular weight excluding hydrogens is 548 g/mol. The largest absolute Gasteiger partial charge is 0.480 e. The number of hydrogen-bond acceptors (Lipinski definition) is 3. The zero-order chi connectivity index (χ0) is 16.3. The summed E-state index contributed by atoms with van der Waals surface area (Å²) in [6.45, 7) is 1.73. The number of ether oxygens (including phenoxy) is 2. The van der Waals surface area contributed by atoms with E-state index in [2.05, 4.69) is 63.7 Å². The first kappa shape index (κ1) is 18.0. The lowest BCUT2D eigenvalue weighted by Crippen LogP contribution is -2.18. The van der Waals surface area contributed by atoms with E-state index in [1.165, 1.54) is 0 Å². The molecule has 0 saturated carbocycles. The number of benzene rings is 2. The molecule has 0 unspecified atom stereocenters. The van der Waals surface area contributed by atoms with Gasteiger partial charge >= 0.3 is 5.97 Å². The van der Waals surface area contributed by atoms with Crippen molar-refractivity contribution >= 4 is 69.7 Å². The molecule has 22 heavy (non-hydrogen) atoms. The fraction of sp³-hybridized carbons (Fsp3) is 0.133. The van der Waals surface area contributed by atoms with Gasteiger partial charge in [0.05, 0.1) is 8.95 Å². The molecule has 0 amide bonds. The number of hydrogen-bond donors (Lipinski definition) is 0. The molecular formula is C15H10Br4O3. The minimum absolute atomic E-state index is 0.177. The van der Waals surface area contributed by atoms with Crippen LogP contribution in [0.15, 0.2) is 48.2 Å². The Morgan fingerprint density at radius 3 is 2.32 bits per heavy atom. The van der Waals surface area contributed by atoms with Crippen molar-refractivity contribution in [1.29, 1.82) is 0 Å². The van der Waals surface area contributed by atoms with Gasteiger partial charge in [-0.2, -0.15) is 0 Å². The van der Waals surface area contributed by atoms with Gasteiger partial charge in [-0.1, -0.05) is 31.9 Å². The molecule has 0 atom stereocenters. The summed E-state index contributed by atoms with van der Waals surface area (Å²) in [7, 11) is 0. The summed E-state index contributed by atoms with van der Waals surface area (Å²) >= 11 is 13.5. The van der Waals surface area contributed by atoms with E-state index in [-0.39, 0.29) is 6.61 Å². The molecule has 0 aliphatic heterocycles. The van der Waals surface area contributed by atoms with E-state index in [9.17, 15) is 4.79 Å². The predicted molar refractivity (Wildman–Crippen MR) is 99.6 cm³/mol. The molecule has 2 rings (SSSR count). The second kappa shape index (κ2) is 7.95. The van der Waals surface area contributed by atoms with E-state index < -0.39 is 5.97 Å². The van der Waals surface area contributed by atoms with Crippen molar-refractivity contribution in [3.8, 4) is 11.5 Å². The molecule has 0 bridgehead atoms. The van der Waals surface area contributed by atoms with E-state index in [0.29, 0.717) is 16.0 Å². The summed E-state index contributed by atoms with van der Waals surface area (Å²) < 4.78 is 14.1. The third-order valence-electron chi connectivity index (χ3n) is 2.65. The van der Waals surface area contributed by atoms with Gasteiger partial charge in [-0.25, -0.2) is 4.79 Å². The van der Waals surface area contributed by atoms with Gasteiger partial charge in [-0.05, 0) is 74.7 Å². The van der Waals surface area contributed by atoms with E-state index >= 15 is 0 Å². The summed E-state index contributed by atoms with van der Waals surface area (Å²) in [5.41, 5.74) is 0.916. The molecule has 0 radical (unpaired) electrons. The van der Waals surface area contributed by atoms with Crippen molar-refractivity contribution in [2.75, 3.05) is 6.61 Å². The van der Waals surface area contributed by atoms with Gasteiger partial charge in [0.2, 0.25) is 0 Å². The minimum Gasteiger partial charge on any atom is -0.480 e. The van der Waals surface area contributed by atoms with E-state index in [0.717, 1.165) is 19.0 Å². The summed E-state index contributed by atoms with van der Waals surface area (Å²) in [6.07, 6.45) is 0. The Balaban J connectivity index is 2.02. The Labute approximate surface area is 161 Å². The standard InChI is InChI=1S/C15H10Br4O3/c1-8-4-10(17)6-12(19)15(8)21-7-14(20)22-13-3-2-9(16)5-11(13)18/h2-6H,7H2,1H3. The van der Waals surface area contributed by atoms with E-state index in [4.69, 9.17) is 9.47 Å². The van der Waals surface area contributed by atoms with Crippen LogP contribution in [-0.4, -0.2) is 12.6 Å². The molecule has 7 heteroatoms. The molecule has 0 saturated heterocycles. The average molecular weight is 558 g/mol. The van der Waals surface area contributed by atoms with Crippen LogP contribution in [0.4, 0.5) is 0 Å². The number of halogens is 4. The van der Waals surface area contributed by atoms with Gasteiger partial charge in [0.25, 0.3) is 0 Å². The summed E-state index contributed by atoms with van der Waals surface area (Å²) in [5, 5.41) is 0. The number of carbonyl (C=O) groups is 1. The Bertz CT molecular complexity index is 693. The van der Waals surface area contributed by atoms with Gasteiger partial charge < -0.3 is 9.47 Å². The fourth-order valence-corrected chi connectivity index (χ4v) is 4.39. The molecule has 0 N–H and O–H groups in total. The molecule has 0 aliphatic rings. The maximum absolute atomic E-state index is 11.9. The topological polar surface area (TPSA) is 35.5 Å². The smallest absolute Gasteiger partial charge is 0.349 e. The Morgan fingerprint density at radius 1 is 1.00 bits per heavy atom. The maximum Gasteiger partial charge on any atom is 0.349 e. The second-order valence-electron chi connectivity index (χ2n) is 4.37. The number of esters is 1. The Hall–Kier alpha value is -0.370. The van der Waals surface area contributed by atoms with Crippen LogP contribution < -0.4 is 9.47 Å². The Kier molecular flexibility index (Phi) is 6.49. The van der Waals surface area contributed by atoms with Crippen LogP contribution in [0.2, 0.25) is 0 Å². The lowest BCUT2D eigenvalue weighted by atomic mass is 10.2. The highest BCUT2D eigenvalue weighted by Gasteiger charge is 2.12. The third-order valence-corrected chi connectivity index (χ3v) is 4.81. The van der Waals surface area contributed by atoms with Crippen LogP contribution >= 0.6 is 63.7 Å². The van der Waals surface area contributed by atoms with Gasteiger partial charge in [-0.15, -0.1) is 0 Å². The van der Waals surface area contributed by atoms with Crippen molar-refractivity contribution in [3.63, 3.8) is 0 Å². The number of aryl methyl sites for hydroxylation is 1. The molecule has 0 fully saturated rings. The van der Waals surface area contributed by atoms with Gasteiger partial charge in [0.15, 0.2) is 6.61 Å². The molecule has 2 aromatic rings. The highest BCUT2D eigenvalue weighted by atomic mass is 79.9. The first-order valence-corrected chi connectivity index (χ1v) is 9.28. The van der Waals surface area contributed by atoms with Crippen molar-refractivity contribution in [2.24, 2.45) is 0 Å². The maximum atomic E-state index is 11.9. The van der Waals surface area contributed by atoms with Gasteiger partial charge in [0, 0.05) is 8.95 Å². The SMILES string of the molecule is Cc1cc(Br)cc(Br)c1OCC(=O)Oc1ccc(Br)cc1Br. The van der Waals surface area contributed by atoms with E-state index in [1.807, 2.05) is 19.1 Å². The van der Waals surface area contributed by atoms with Crippen LogP contribution in [0.25, 0.3) is 0 Å². The van der Waals surface area contributed by atoms with Crippen LogP contribution in [-0.2, 0) is 4.79 Å². The molecule has 116 valence electrons. The highest BCUT2D eigenvalue weighted by molar-refractivity contribution is 9.11. The summed E-state index contributed by atoms with van der Waals surface area (Å²) in [4.78, 5) is 11.9. The molecule has 0 aromatic heterocycles. The second-order valence-corrected chi connectivity index (χ2v) is 7.91. The van der Waals surface area contributed by atoms with E-state index in [1.54, 1.807) is 18.2 Å². The van der Waals surface area contributed by atoms with Crippen LogP contribution in [0.3, 0.4) is 0 Å². The highest BCUT2D eigenvalue weighted by Crippen LogP contribution is 2.32. The van der Waals surface area contributed by atoms with Crippen LogP contribution in [0, 0.1) is 6.92 Å². The number of carbonyl (C=O) groups excluding carboxylic acids is 1. The normalized spacial score (nSPS) is 10.4. The quantitative estimate of drug-likeness (QED) is 0.340. The predicted octanol–water partition coefficient (Wildman–Crippen LogP) is 6.03. The lowest BCUT2D eigenvalue weighted by Gasteiger charge is -2.12. The van der Waals surface area contributed by atoms with Crippen LogP contribution in [0.1, 0.15) is 5.56 Å². The van der Waals surface area contributed by atoms with Gasteiger partial charge in [-0.3, -0.25) is 0 Å². The zero-order valence-corrected chi connectivity index (χ0v) is 17.7. The monoisotopic (exact) mass is 554 g/mol. The lowest BCUT2D eigenvalue weighted by molar-refractivity contribution is -0.136. The minimum atomic E-state index is -0.475. The molecule has 0 aliphatic carbocycles. The van der Waals surface area contributed by atoms with Crippen molar-refractivity contribution in [3.05, 3.63) is 53.8 Å². The molecule has 3 nitrogen and oxygen atoms in total. The summed E-state index contributed by atoms with van der Waals surface area (Å²) in [5.74, 6) is 0.593. The van der Waals surface area contributed by atoms with Gasteiger partial charge in [0.1, 0.15) is 11.5 Å². The average Bonchev–Trinajstić information content (AvgIpc) is 2.40. The molecule has 0 heterocycles. The Morgan fingerprint density at radius 2 is 1.68 bits per heavy atom. The van der Waals surface area contributed by atoms with Crippen molar-refractivity contribution in [1.82, 2.24) is 0 Å².